The number of carboxylic acids is 1. The normalized spacial score (nSPS) is 23.7. The number of carbonyl (C=O) groups is 1. The number of nitrogens with one attached hydrogen (secondary N) is 1. The molecule has 1 heterocycles. The molecular weight excluding hydrogens is 258 g/mol. The lowest BCUT2D eigenvalue weighted by atomic mass is 9.83. The van der Waals surface area contributed by atoms with Crippen LogP contribution in [0.25, 0.3) is 0 Å². The lowest BCUT2D eigenvalue weighted by molar-refractivity contribution is 0.0661. The SMILES string of the molecule is Cc1oc(C(=O)O)cc1S(=O)(=O)NC1CC(C)C1. The maximum atomic E-state index is 12.0. The highest BCUT2D eigenvalue weighted by Crippen LogP contribution is 2.29. The van der Waals surface area contributed by atoms with Gasteiger partial charge in [0, 0.05) is 12.1 Å². The van der Waals surface area contributed by atoms with Gasteiger partial charge in [0.05, 0.1) is 0 Å². The minimum absolute atomic E-state index is 0.0624. The smallest absolute Gasteiger partial charge is 0.371 e. The molecule has 0 bridgehead atoms. The summed E-state index contributed by atoms with van der Waals surface area (Å²) in [6.07, 6.45) is 1.61. The van der Waals surface area contributed by atoms with E-state index < -0.39 is 16.0 Å². The molecule has 6 nitrogen and oxygen atoms in total. The molecule has 0 unspecified atom stereocenters. The van der Waals surface area contributed by atoms with E-state index in [1.165, 1.54) is 6.92 Å². The molecule has 1 fully saturated rings. The number of hydrogen-bond donors (Lipinski definition) is 2. The van der Waals surface area contributed by atoms with Gasteiger partial charge in [0.25, 0.3) is 0 Å². The third-order valence-corrected chi connectivity index (χ3v) is 4.70. The Morgan fingerprint density at radius 1 is 1.50 bits per heavy atom. The second-order valence-corrected chi connectivity index (χ2v) is 6.41. The van der Waals surface area contributed by atoms with Crippen molar-refractivity contribution < 1.29 is 22.7 Å². The molecule has 0 saturated heterocycles. The van der Waals surface area contributed by atoms with E-state index in [1.54, 1.807) is 0 Å². The quantitative estimate of drug-likeness (QED) is 0.863. The summed E-state index contributed by atoms with van der Waals surface area (Å²) in [6, 6.07) is 0.981. The Kier molecular flexibility index (Phi) is 3.20. The van der Waals surface area contributed by atoms with Crippen LogP contribution < -0.4 is 4.72 Å². The lowest BCUT2D eigenvalue weighted by Gasteiger charge is -2.32. The molecule has 100 valence electrons. The fourth-order valence-corrected chi connectivity index (χ4v) is 3.56. The van der Waals surface area contributed by atoms with E-state index in [9.17, 15) is 13.2 Å². The van der Waals surface area contributed by atoms with E-state index in [0.29, 0.717) is 5.92 Å². The molecule has 1 aromatic heterocycles. The average Bonchev–Trinajstić information content (AvgIpc) is 2.58. The summed E-state index contributed by atoms with van der Waals surface area (Å²) in [7, 11) is -3.69. The molecule has 0 spiro atoms. The molecule has 1 aliphatic carbocycles. The highest BCUT2D eigenvalue weighted by molar-refractivity contribution is 7.89. The Bertz CT molecular complexity index is 568. The third kappa shape index (κ3) is 2.41. The number of aryl methyl sites for hydroxylation is 1. The molecule has 7 heteroatoms. The fourth-order valence-electron chi connectivity index (χ4n) is 2.12. The second-order valence-electron chi connectivity index (χ2n) is 4.73. The van der Waals surface area contributed by atoms with Crippen molar-refractivity contribution >= 4 is 16.0 Å². The van der Waals surface area contributed by atoms with Gasteiger partial charge in [-0.05, 0) is 25.7 Å². The van der Waals surface area contributed by atoms with E-state index >= 15 is 0 Å². The predicted molar refractivity (Wildman–Crippen MR) is 62.9 cm³/mol. The van der Waals surface area contributed by atoms with Crippen molar-refractivity contribution in [2.24, 2.45) is 5.92 Å². The zero-order valence-electron chi connectivity index (χ0n) is 10.1. The summed E-state index contributed by atoms with van der Waals surface area (Å²) >= 11 is 0. The maximum Gasteiger partial charge on any atom is 0.371 e. The standard InChI is InChI=1S/C11H15NO5S/c1-6-3-8(4-6)12-18(15,16)10-5-9(11(13)14)17-7(10)2/h5-6,8,12H,3-4H2,1-2H3,(H,13,14). The van der Waals surface area contributed by atoms with E-state index in [-0.39, 0.29) is 22.5 Å². The Hall–Kier alpha value is -1.34. The summed E-state index contributed by atoms with van der Waals surface area (Å²) in [4.78, 5) is 10.6. The lowest BCUT2D eigenvalue weighted by Crippen LogP contribution is -2.43. The molecule has 0 amide bonds. The molecule has 1 saturated carbocycles. The van der Waals surface area contributed by atoms with Crippen LogP contribution in [0.5, 0.6) is 0 Å². The topological polar surface area (TPSA) is 96.6 Å². The monoisotopic (exact) mass is 273 g/mol. The molecule has 2 N–H and O–H groups in total. The van der Waals surface area contributed by atoms with Gasteiger partial charge in [-0.15, -0.1) is 0 Å². The van der Waals surface area contributed by atoms with E-state index in [4.69, 9.17) is 9.52 Å². The first-order chi connectivity index (χ1) is 8.29. The summed E-state index contributed by atoms with van der Waals surface area (Å²) in [5.41, 5.74) is 0. The largest absolute Gasteiger partial charge is 0.475 e. The van der Waals surface area contributed by atoms with Crippen LogP contribution in [0.4, 0.5) is 0 Å². The zero-order chi connectivity index (χ0) is 13.5. The molecule has 2 rings (SSSR count). The molecular formula is C11H15NO5S. The minimum Gasteiger partial charge on any atom is -0.475 e. The van der Waals surface area contributed by atoms with Crippen LogP contribution in [0.1, 0.15) is 36.1 Å². The predicted octanol–water partition coefficient (Wildman–Crippen LogP) is 1.36. The van der Waals surface area contributed by atoms with Crippen LogP contribution in [-0.2, 0) is 10.0 Å². The van der Waals surface area contributed by atoms with E-state index in [1.807, 2.05) is 0 Å². The second kappa shape index (κ2) is 4.40. The summed E-state index contributed by atoms with van der Waals surface area (Å²) in [5, 5.41) is 8.75. The van der Waals surface area contributed by atoms with Crippen molar-refractivity contribution in [3.63, 3.8) is 0 Å². The van der Waals surface area contributed by atoms with Crippen LogP contribution in [0.3, 0.4) is 0 Å². The summed E-state index contributed by atoms with van der Waals surface area (Å²) < 4.78 is 31.5. The minimum atomic E-state index is -3.69. The number of aromatic carboxylic acids is 1. The first-order valence-electron chi connectivity index (χ1n) is 5.65. The highest BCUT2D eigenvalue weighted by atomic mass is 32.2. The first kappa shape index (κ1) is 13.1. The van der Waals surface area contributed by atoms with Crippen LogP contribution in [0.15, 0.2) is 15.4 Å². The zero-order valence-corrected chi connectivity index (χ0v) is 11.0. The number of sulfonamides is 1. The van der Waals surface area contributed by atoms with Crippen LogP contribution in [0.2, 0.25) is 0 Å². The number of rotatable bonds is 4. The van der Waals surface area contributed by atoms with E-state index in [0.717, 1.165) is 18.9 Å². The van der Waals surface area contributed by atoms with Gasteiger partial charge in [0.15, 0.2) is 0 Å². The molecule has 0 aromatic carbocycles. The van der Waals surface area contributed by atoms with Gasteiger partial charge in [-0.1, -0.05) is 6.92 Å². The van der Waals surface area contributed by atoms with Gasteiger partial charge in [0.1, 0.15) is 10.7 Å². The van der Waals surface area contributed by atoms with Gasteiger partial charge >= 0.3 is 5.97 Å². The van der Waals surface area contributed by atoms with Crippen LogP contribution in [0, 0.1) is 12.8 Å². The maximum absolute atomic E-state index is 12.0. The van der Waals surface area contributed by atoms with Crippen molar-refractivity contribution in [3.8, 4) is 0 Å². The van der Waals surface area contributed by atoms with E-state index in [2.05, 4.69) is 11.6 Å². The van der Waals surface area contributed by atoms with Gasteiger partial charge in [-0.2, -0.15) is 0 Å². The Morgan fingerprint density at radius 3 is 2.56 bits per heavy atom. The molecule has 0 radical (unpaired) electrons. The summed E-state index contributed by atoms with van der Waals surface area (Å²) in [6.45, 7) is 3.49. The number of hydrogen-bond acceptors (Lipinski definition) is 4. The molecule has 18 heavy (non-hydrogen) atoms. The Labute approximate surface area is 105 Å². The number of carboxylic acid groups (broad SMARTS) is 1. The van der Waals surface area contributed by atoms with Crippen LogP contribution in [-0.4, -0.2) is 25.5 Å². The van der Waals surface area contributed by atoms with Gasteiger partial charge in [0.2, 0.25) is 15.8 Å². The summed E-state index contributed by atoms with van der Waals surface area (Å²) in [5.74, 6) is -1.03. The number of furan rings is 1. The van der Waals surface area contributed by atoms with Crippen molar-refractivity contribution in [2.45, 2.75) is 37.6 Å². The third-order valence-electron chi connectivity index (χ3n) is 3.07. The molecule has 0 aliphatic heterocycles. The van der Waals surface area contributed by atoms with Gasteiger partial charge < -0.3 is 9.52 Å². The van der Waals surface area contributed by atoms with Gasteiger partial charge in [-0.3, -0.25) is 0 Å². The highest BCUT2D eigenvalue weighted by Gasteiger charge is 2.32. The van der Waals surface area contributed by atoms with Crippen LogP contribution >= 0.6 is 0 Å². The molecule has 1 aromatic rings. The van der Waals surface area contributed by atoms with Crippen molar-refractivity contribution in [1.29, 1.82) is 0 Å². The molecule has 0 atom stereocenters. The van der Waals surface area contributed by atoms with Crippen molar-refractivity contribution in [2.75, 3.05) is 0 Å². The fraction of sp³-hybridized carbons (Fsp3) is 0.545. The Morgan fingerprint density at radius 2 is 2.11 bits per heavy atom. The van der Waals surface area contributed by atoms with Gasteiger partial charge in [-0.25, -0.2) is 17.9 Å². The first-order valence-corrected chi connectivity index (χ1v) is 7.14. The molecule has 1 aliphatic rings. The van der Waals surface area contributed by atoms with Crippen molar-refractivity contribution in [1.82, 2.24) is 4.72 Å². The average molecular weight is 273 g/mol. The Balaban J connectivity index is 2.21. The van der Waals surface area contributed by atoms with Crippen molar-refractivity contribution in [3.05, 3.63) is 17.6 Å².